The number of carbonyl (C=O) groups excluding carboxylic acids is 3. The Bertz CT molecular complexity index is 2320. The summed E-state index contributed by atoms with van der Waals surface area (Å²) in [5.74, 6) is -0.813. The van der Waals surface area contributed by atoms with Gasteiger partial charge in [-0.05, 0) is 79.1 Å². The Kier molecular flexibility index (Phi) is 13.2. The molecule has 3 aromatic carbocycles. The third-order valence-electron chi connectivity index (χ3n) is 12.0. The number of piperidine rings is 1. The molecule has 2 aliphatic rings. The number of anilines is 1. The number of para-hydroxylation sites is 1. The largest absolute Gasteiger partial charge is 0.507 e. The van der Waals surface area contributed by atoms with E-state index in [1.807, 2.05) is 82.6 Å². The predicted octanol–water partition coefficient (Wildman–Crippen LogP) is 6.22. The number of aliphatic hydroxyl groups is 1. The molecule has 0 bridgehead atoms. The van der Waals surface area contributed by atoms with Gasteiger partial charge < -0.3 is 30.6 Å². The van der Waals surface area contributed by atoms with Crippen LogP contribution in [0.4, 0.5) is 5.69 Å². The second-order valence-corrected chi connectivity index (χ2v) is 18.2. The van der Waals surface area contributed by atoms with Gasteiger partial charge in [0.1, 0.15) is 17.8 Å². The molecule has 5 aromatic rings. The third-order valence-corrected chi connectivity index (χ3v) is 13.0. The van der Waals surface area contributed by atoms with Crippen LogP contribution in [0.2, 0.25) is 0 Å². The second-order valence-electron chi connectivity index (χ2n) is 17.4. The Morgan fingerprint density at radius 2 is 1.64 bits per heavy atom. The lowest BCUT2D eigenvalue weighted by Crippen LogP contribution is -2.59. The number of aryl methyl sites for hydroxylation is 1. The fourth-order valence-corrected chi connectivity index (χ4v) is 9.15. The van der Waals surface area contributed by atoms with Crippen molar-refractivity contribution >= 4 is 34.7 Å². The number of benzene rings is 3. The van der Waals surface area contributed by atoms with E-state index in [2.05, 4.69) is 66.9 Å². The maximum absolute atomic E-state index is 14.2. The van der Waals surface area contributed by atoms with Gasteiger partial charge in [-0.2, -0.15) is 10.2 Å². The fraction of sp³-hybridized carbons (Fsp3) is 0.404. The first kappa shape index (κ1) is 43.4. The van der Waals surface area contributed by atoms with Crippen LogP contribution in [-0.2, 0) is 14.4 Å². The van der Waals surface area contributed by atoms with E-state index in [1.165, 1.54) is 4.90 Å². The van der Waals surface area contributed by atoms with Crippen molar-refractivity contribution in [2.24, 2.45) is 5.41 Å². The highest BCUT2D eigenvalue weighted by molar-refractivity contribution is 7.13. The molecule has 2 saturated heterocycles. The maximum atomic E-state index is 14.2. The highest BCUT2D eigenvalue weighted by Crippen LogP contribution is 2.32. The van der Waals surface area contributed by atoms with E-state index < -0.39 is 23.6 Å². The van der Waals surface area contributed by atoms with Crippen LogP contribution in [0.25, 0.3) is 32.8 Å². The molecule has 0 aliphatic carbocycles. The van der Waals surface area contributed by atoms with Gasteiger partial charge in [-0.1, -0.05) is 69.3 Å². The van der Waals surface area contributed by atoms with Crippen molar-refractivity contribution in [2.45, 2.75) is 84.2 Å². The monoisotopic (exact) mass is 844 g/mol. The Hall–Kier alpha value is -5.70. The van der Waals surface area contributed by atoms with E-state index in [9.17, 15) is 24.6 Å². The molecule has 2 aliphatic heterocycles. The minimum absolute atomic E-state index is 0.0158. The standard InChI is InChI=1S/C47H56N8O5S/c1-29(31-11-13-33(14-12-31)43-30(2)48-28-61-43)50-45(59)40-24-37(56)26-55(40)46(60)44(47(3,4)5)51-42(58)27-54-21-19-36(20-22-54)53(6)35-17-15-32(16-18-35)34-23-39(52-49-25-34)38-9-7-8-10-41(38)57/h7-18,23,25,28-29,36-37,40,44,56-57H,19-22,24,26-27H2,1-6H3,(H,50,59)(H,51,58)/t29?,37-,40+,44?/m1/s1. The number of nitrogens with zero attached hydrogens (tertiary/aromatic N) is 6. The third kappa shape index (κ3) is 10.1. The van der Waals surface area contributed by atoms with Gasteiger partial charge in [0.2, 0.25) is 17.7 Å². The first-order chi connectivity index (χ1) is 29.2. The summed E-state index contributed by atoms with van der Waals surface area (Å²) in [6.45, 7) is 11.2. The van der Waals surface area contributed by atoms with Crippen LogP contribution in [0.1, 0.15) is 64.3 Å². The summed E-state index contributed by atoms with van der Waals surface area (Å²) < 4.78 is 0. The number of hydrogen-bond donors (Lipinski definition) is 4. The zero-order valence-electron chi connectivity index (χ0n) is 35.7. The number of rotatable bonds is 12. The smallest absolute Gasteiger partial charge is 0.246 e. The topological polar surface area (TPSA) is 164 Å². The highest BCUT2D eigenvalue weighted by Gasteiger charge is 2.45. The van der Waals surface area contributed by atoms with E-state index in [0.717, 1.165) is 64.4 Å². The van der Waals surface area contributed by atoms with Gasteiger partial charge in [-0.25, -0.2) is 4.98 Å². The van der Waals surface area contributed by atoms with Crippen molar-refractivity contribution in [1.82, 2.24) is 35.6 Å². The first-order valence-electron chi connectivity index (χ1n) is 20.9. The number of likely N-dealkylation sites (tertiary alicyclic amines) is 2. The van der Waals surface area contributed by atoms with E-state index in [4.69, 9.17) is 0 Å². The molecule has 61 heavy (non-hydrogen) atoms. The van der Waals surface area contributed by atoms with Crippen molar-refractivity contribution in [3.63, 3.8) is 0 Å². The van der Waals surface area contributed by atoms with E-state index in [0.29, 0.717) is 11.3 Å². The van der Waals surface area contributed by atoms with E-state index in [-0.39, 0.29) is 55.1 Å². The molecule has 2 fully saturated rings. The minimum Gasteiger partial charge on any atom is -0.507 e. The molecule has 13 nitrogen and oxygen atoms in total. The van der Waals surface area contributed by atoms with Crippen LogP contribution < -0.4 is 15.5 Å². The number of aliphatic hydroxyl groups excluding tert-OH is 1. The van der Waals surface area contributed by atoms with Crippen molar-refractivity contribution < 1.29 is 24.6 Å². The fourth-order valence-electron chi connectivity index (χ4n) is 8.34. The van der Waals surface area contributed by atoms with Gasteiger partial charge in [-0.15, -0.1) is 11.3 Å². The number of β-amino-alcohol motifs (C(OH)–C–C–N with tert-alkyl or cyclic N) is 1. The summed E-state index contributed by atoms with van der Waals surface area (Å²) in [5.41, 5.74) is 8.33. The molecule has 2 unspecified atom stereocenters. The molecule has 0 radical (unpaired) electrons. The quantitative estimate of drug-likeness (QED) is 0.113. The number of thiazole rings is 1. The van der Waals surface area contributed by atoms with Gasteiger partial charge >= 0.3 is 0 Å². The number of phenols is 1. The Labute approximate surface area is 361 Å². The molecule has 7 rings (SSSR count). The van der Waals surface area contributed by atoms with Crippen LogP contribution in [0.3, 0.4) is 0 Å². The van der Waals surface area contributed by atoms with Crippen molar-refractivity contribution in [1.29, 1.82) is 0 Å². The second kappa shape index (κ2) is 18.5. The predicted molar refractivity (Wildman–Crippen MR) is 239 cm³/mol. The number of aromatic nitrogens is 3. The minimum atomic E-state index is -0.896. The van der Waals surface area contributed by atoms with Crippen molar-refractivity contribution in [2.75, 3.05) is 38.1 Å². The van der Waals surface area contributed by atoms with Gasteiger partial charge in [0, 0.05) is 56.0 Å². The lowest BCUT2D eigenvalue weighted by atomic mass is 9.85. The average Bonchev–Trinajstić information content (AvgIpc) is 3.87. The van der Waals surface area contributed by atoms with Crippen LogP contribution in [0, 0.1) is 12.3 Å². The number of phenolic OH excluding ortho intramolecular Hbond substituents is 1. The molecule has 0 saturated carbocycles. The summed E-state index contributed by atoms with van der Waals surface area (Å²) in [6, 6.07) is 23.5. The van der Waals surface area contributed by atoms with Gasteiger partial charge in [0.05, 0.1) is 46.7 Å². The number of amides is 3. The molecule has 14 heteroatoms. The molecule has 3 amide bonds. The average molecular weight is 845 g/mol. The number of aromatic hydroxyl groups is 1. The van der Waals surface area contributed by atoms with Crippen LogP contribution in [0.15, 0.2) is 90.6 Å². The summed E-state index contributed by atoms with van der Waals surface area (Å²) in [7, 11) is 2.09. The molecule has 4 heterocycles. The molecule has 0 spiro atoms. The molecule has 320 valence electrons. The summed E-state index contributed by atoms with van der Waals surface area (Å²) in [4.78, 5) is 52.8. The molecular formula is C47H56N8O5S. The SMILES string of the molecule is Cc1ncsc1-c1ccc(C(C)NC(=O)[C@@H]2C[C@@H](O)CN2C(=O)C(NC(=O)CN2CCC(N(C)c3ccc(-c4cnnc(-c5ccccc5O)c4)cc3)CC2)C(C)(C)C)cc1. The zero-order valence-corrected chi connectivity index (χ0v) is 36.5. The molecule has 4 N–H and O–H groups in total. The number of hydrogen-bond acceptors (Lipinski definition) is 11. The van der Waals surface area contributed by atoms with Crippen LogP contribution in [-0.4, -0.2) is 110 Å². The lowest BCUT2D eigenvalue weighted by molar-refractivity contribution is -0.144. The Balaban J connectivity index is 0.916. The van der Waals surface area contributed by atoms with E-state index >= 15 is 0 Å². The summed E-state index contributed by atoms with van der Waals surface area (Å²) in [5, 5.41) is 35.5. The van der Waals surface area contributed by atoms with Gasteiger partial charge in [0.25, 0.3) is 0 Å². The highest BCUT2D eigenvalue weighted by atomic mass is 32.1. The maximum Gasteiger partial charge on any atom is 0.246 e. The lowest BCUT2D eigenvalue weighted by Gasteiger charge is -2.38. The van der Waals surface area contributed by atoms with Gasteiger partial charge in [-0.3, -0.25) is 19.3 Å². The Morgan fingerprint density at radius 1 is 0.951 bits per heavy atom. The zero-order chi connectivity index (χ0) is 43.4. The molecular weight excluding hydrogens is 789 g/mol. The number of nitrogens with one attached hydrogen (secondary N) is 2. The summed E-state index contributed by atoms with van der Waals surface area (Å²) >= 11 is 1.58. The normalized spacial score (nSPS) is 18.4. The summed E-state index contributed by atoms with van der Waals surface area (Å²) in [6.07, 6.45) is 2.71. The van der Waals surface area contributed by atoms with Gasteiger partial charge in [0.15, 0.2) is 0 Å². The van der Waals surface area contributed by atoms with Crippen molar-refractivity contribution in [3.8, 4) is 38.6 Å². The van der Waals surface area contributed by atoms with Crippen molar-refractivity contribution in [3.05, 3.63) is 102 Å². The molecule has 2 aromatic heterocycles. The molecule has 4 atom stereocenters. The van der Waals surface area contributed by atoms with E-state index in [1.54, 1.807) is 29.7 Å². The first-order valence-corrected chi connectivity index (χ1v) is 21.8. The van der Waals surface area contributed by atoms with Crippen LogP contribution in [0.5, 0.6) is 5.75 Å². The number of carbonyl (C=O) groups is 3. The van der Waals surface area contributed by atoms with Crippen LogP contribution >= 0.6 is 11.3 Å². The Morgan fingerprint density at radius 3 is 2.30 bits per heavy atom.